The zero-order valence-electron chi connectivity index (χ0n) is 21.1. The minimum Gasteiger partial charge on any atom is -0.448 e. The average molecular weight is 473 g/mol. The fraction of sp³-hybridized carbons (Fsp3) is 0.769. The van der Waals surface area contributed by atoms with Crippen LogP contribution in [0.2, 0.25) is 0 Å². The van der Waals surface area contributed by atoms with Gasteiger partial charge in [0.1, 0.15) is 5.76 Å². The Kier molecular flexibility index (Phi) is 7.63. The zero-order chi connectivity index (χ0) is 24.4. The van der Waals surface area contributed by atoms with Gasteiger partial charge in [0.25, 0.3) is 5.91 Å². The summed E-state index contributed by atoms with van der Waals surface area (Å²) in [7, 11) is 0. The lowest BCUT2D eigenvalue weighted by atomic mass is 9.77. The average Bonchev–Trinajstić information content (AvgIpc) is 3.22. The summed E-state index contributed by atoms with van der Waals surface area (Å²) in [6, 6.07) is 0.228. The Morgan fingerprint density at radius 1 is 1.18 bits per heavy atom. The van der Waals surface area contributed by atoms with Gasteiger partial charge in [0, 0.05) is 44.6 Å². The third-order valence-corrected chi connectivity index (χ3v) is 8.07. The molecule has 3 fully saturated rings. The number of oxazole rings is 1. The van der Waals surface area contributed by atoms with Crippen molar-refractivity contribution < 1.29 is 18.8 Å². The van der Waals surface area contributed by atoms with Crippen LogP contribution in [0.15, 0.2) is 10.8 Å². The van der Waals surface area contributed by atoms with E-state index >= 15 is 0 Å². The summed E-state index contributed by atoms with van der Waals surface area (Å²) in [6.45, 7) is 10.2. The van der Waals surface area contributed by atoms with Gasteiger partial charge in [-0.25, -0.2) is 4.98 Å². The molecule has 4 rings (SSSR count). The Balaban J connectivity index is 1.51. The fourth-order valence-electron chi connectivity index (χ4n) is 6.13. The number of likely N-dealkylation sites (tertiary alicyclic amines) is 1. The normalized spacial score (nSPS) is 31.3. The van der Waals surface area contributed by atoms with Gasteiger partial charge in [-0.05, 0) is 62.7 Å². The van der Waals surface area contributed by atoms with E-state index in [2.05, 4.69) is 36.0 Å². The highest BCUT2D eigenvalue weighted by Crippen LogP contribution is 2.37. The van der Waals surface area contributed by atoms with E-state index in [-0.39, 0.29) is 47.6 Å². The molecule has 1 aromatic heterocycles. The first-order valence-corrected chi connectivity index (χ1v) is 13.0. The lowest BCUT2D eigenvalue weighted by Crippen LogP contribution is -2.60. The quantitative estimate of drug-likeness (QED) is 0.712. The number of nitrogens with zero attached hydrogens (tertiary/aromatic N) is 3. The summed E-state index contributed by atoms with van der Waals surface area (Å²) in [5.74, 6) is 1.95. The minimum atomic E-state index is -0.0851. The highest BCUT2D eigenvalue weighted by atomic mass is 16.3. The van der Waals surface area contributed by atoms with Crippen molar-refractivity contribution in [3.8, 4) is 0 Å². The number of fused-ring (bicyclic) bond motifs is 4. The molecule has 0 aliphatic carbocycles. The predicted molar refractivity (Wildman–Crippen MR) is 128 cm³/mol. The Morgan fingerprint density at radius 2 is 1.97 bits per heavy atom. The standard InChI is InChI=1S/C26H40N4O4/c1-16(2)21-9-8-17(3)10-24(32)30-13-19-11-20(22(30)6-5-7-23(31)28-21)14-29(12-19)26(33)25-18(4)34-15-27-25/h15-17,19-22H,5-14H2,1-4H3,(H,28,31)/t17-,19+,20-,21+,22+/m1/s1. The van der Waals surface area contributed by atoms with Crippen LogP contribution in [-0.4, -0.2) is 64.2 Å². The van der Waals surface area contributed by atoms with Crippen LogP contribution in [0.25, 0.3) is 0 Å². The first-order chi connectivity index (χ1) is 16.2. The van der Waals surface area contributed by atoms with Crippen molar-refractivity contribution in [1.29, 1.82) is 0 Å². The predicted octanol–water partition coefficient (Wildman–Crippen LogP) is 3.40. The van der Waals surface area contributed by atoms with Crippen molar-refractivity contribution in [2.75, 3.05) is 19.6 Å². The van der Waals surface area contributed by atoms with Crippen molar-refractivity contribution in [2.45, 2.75) is 84.7 Å². The van der Waals surface area contributed by atoms with E-state index in [1.807, 2.05) is 4.90 Å². The third kappa shape index (κ3) is 5.47. The molecule has 5 atom stereocenters. The Morgan fingerprint density at radius 3 is 2.68 bits per heavy atom. The molecule has 8 nitrogen and oxygen atoms in total. The molecule has 3 aliphatic heterocycles. The van der Waals surface area contributed by atoms with Gasteiger partial charge in [-0.1, -0.05) is 20.8 Å². The van der Waals surface area contributed by atoms with Gasteiger partial charge in [0.05, 0.1) is 0 Å². The minimum absolute atomic E-state index is 0.0689. The number of aromatic nitrogens is 1. The molecule has 2 bridgehead atoms. The summed E-state index contributed by atoms with van der Waals surface area (Å²) in [5.41, 5.74) is 0.382. The number of piperidine rings is 2. The van der Waals surface area contributed by atoms with E-state index in [1.165, 1.54) is 6.39 Å². The van der Waals surface area contributed by atoms with Crippen molar-refractivity contribution in [3.05, 3.63) is 17.8 Å². The number of carbonyl (C=O) groups excluding carboxylic acids is 3. The molecule has 34 heavy (non-hydrogen) atoms. The number of carbonyl (C=O) groups is 3. The summed E-state index contributed by atoms with van der Waals surface area (Å²) >= 11 is 0. The van der Waals surface area contributed by atoms with Crippen LogP contribution in [0.4, 0.5) is 0 Å². The Hall–Kier alpha value is -2.38. The van der Waals surface area contributed by atoms with Crippen LogP contribution in [0.5, 0.6) is 0 Å². The molecular formula is C26H40N4O4. The van der Waals surface area contributed by atoms with Crippen LogP contribution < -0.4 is 5.32 Å². The van der Waals surface area contributed by atoms with Gasteiger partial charge in [-0.15, -0.1) is 0 Å². The van der Waals surface area contributed by atoms with Crippen LogP contribution in [0.3, 0.4) is 0 Å². The van der Waals surface area contributed by atoms with Gasteiger partial charge < -0.3 is 19.5 Å². The van der Waals surface area contributed by atoms with E-state index in [1.54, 1.807) is 6.92 Å². The van der Waals surface area contributed by atoms with E-state index in [9.17, 15) is 14.4 Å². The number of rotatable bonds is 2. The molecule has 8 heteroatoms. The molecule has 3 amide bonds. The van der Waals surface area contributed by atoms with Crippen molar-refractivity contribution in [2.24, 2.45) is 23.7 Å². The van der Waals surface area contributed by atoms with Crippen LogP contribution >= 0.6 is 0 Å². The van der Waals surface area contributed by atoms with Crippen molar-refractivity contribution >= 4 is 17.7 Å². The molecule has 0 radical (unpaired) electrons. The van der Waals surface area contributed by atoms with E-state index in [0.29, 0.717) is 49.8 Å². The van der Waals surface area contributed by atoms with E-state index < -0.39 is 0 Å². The Bertz CT molecular complexity index is 897. The van der Waals surface area contributed by atoms with Crippen LogP contribution in [0, 0.1) is 30.6 Å². The largest absolute Gasteiger partial charge is 0.448 e. The lowest BCUT2D eigenvalue weighted by Gasteiger charge is -2.51. The smallest absolute Gasteiger partial charge is 0.276 e. The van der Waals surface area contributed by atoms with Gasteiger partial charge >= 0.3 is 0 Å². The molecule has 0 unspecified atom stereocenters. The summed E-state index contributed by atoms with van der Waals surface area (Å²) in [4.78, 5) is 47.4. The SMILES string of the molecule is Cc1ocnc1C(=O)N1C[C@@H]2C[C@H](C1)[C@@H]1CCCC(=O)N[C@H](C(C)C)CC[C@@H](C)CC(=O)N1C2. The first kappa shape index (κ1) is 24.7. The molecule has 0 saturated carbocycles. The third-order valence-electron chi connectivity index (χ3n) is 8.07. The molecule has 3 saturated heterocycles. The molecular weight excluding hydrogens is 432 g/mol. The van der Waals surface area contributed by atoms with Crippen molar-refractivity contribution in [3.63, 3.8) is 0 Å². The van der Waals surface area contributed by atoms with Gasteiger partial charge in [0.15, 0.2) is 12.1 Å². The zero-order valence-corrected chi connectivity index (χ0v) is 21.1. The summed E-state index contributed by atoms with van der Waals surface area (Å²) < 4.78 is 5.25. The van der Waals surface area contributed by atoms with Gasteiger partial charge in [-0.3, -0.25) is 14.4 Å². The van der Waals surface area contributed by atoms with Crippen LogP contribution in [0.1, 0.15) is 82.0 Å². The number of nitrogens with one attached hydrogen (secondary N) is 1. The maximum absolute atomic E-state index is 13.5. The molecule has 3 aliphatic rings. The monoisotopic (exact) mass is 472 g/mol. The lowest BCUT2D eigenvalue weighted by molar-refractivity contribution is -0.141. The fourth-order valence-corrected chi connectivity index (χ4v) is 6.13. The molecule has 188 valence electrons. The second-order valence-electron chi connectivity index (χ2n) is 11.1. The number of hydrogen-bond acceptors (Lipinski definition) is 5. The first-order valence-electron chi connectivity index (χ1n) is 13.0. The second kappa shape index (κ2) is 10.5. The topological polar surface area (TPSA) is 95.7 Å². The molecule has 0 spiro atoms. The molecule has 0 aromatic carbocycles. The maximum Gasteiger partial charge on any atom is 0.276 e. The van der Waals surface area contributed by atoms with Gasteiger partial charge in [-0.2, -0.15) is 0 Å². The Labute approximate surface area is 202 Å². The number of amides is 3. The second-order valence-corrected chi connectivity index (χ2v) is 11.1. The molecule has 1 N–H and O–H groups in total. The van der Waals surface area contributed by atoms with Gasteiger partial charge in [0.2, 0.25) is 11.8 Å². The molecule has 1 aromatic rings. The number of hydrogen-bond donors (Lipinski definition) is 1. The molecule has 4 heterocycles. The maximum atomic E-state index is 13.5. The van der Waals surface area contributed by atoms with Crippen LogP contribution in [-0.2, 0) is 9.59 Å². The summed E-state index contributed by atoms with van der Waals surface area (Å²) in [5, 5.41) is 3.24. The van der Waals surface area contributed by atoms with Crippen molar-refractivity contribution in [1.82, 2.24) is 20.1 Å². The van der Waals surface area contributed by atoms with E-state index in [0.717, 1.165) is 32.1 Å². The number of aryl methyl sites for hydroxylation is 1. The highest BCUT2D eigenvalue weighted by molar-refractivity contribution is 5.93. The highest BCUT2D eigenvalue weighted by Gasteiger charge is 2.44. The van der Waals surface area contributed by atoms with E-state index in [4.69, 9.17) is 4.42 Å². The summed E-state index contributed by atoms with van der Waals surface area (Å²) in [6.07, 6.45) is 6.75.